The van der Waals surface area contributed by atoms with Gasteiger partial charge in [0.05, 0.1) is 7.11 Å². The molecule has 0 spiro atoms. The van der Waals surface area contributed by atoms with E-state index in [4.69, 9.17) is 9.47 Å². The Balaban J connectivity index is 2.12. The Bertz CT molecular complexity index is 633. The van der Waals surface area contributed by atoms with Crippen LogP contribution in [0.2, 0.25) is 0 Å². The Morgan fingerprint density at radius 3 is 2.50 bits per heavy atom. The Morgan fingerprint density at radius 1 is 1.08 bits per heavy atom. The molecule has 0 radical (unpaired) electrons. The van der Waals surface area contributed by atoms with Crippen LogP contribution >= 0.6 is 15.9 Å². The summed E-state index contributed by atoms with van der Waals surface area (Å²) < 4.78 is 12.6. The molecular weight excluding hydrogens is 368 g/mol. The highest BCUT2D eigenvalue weighted by Crippen LogP contribution is 2.36. The van der Waals surface area contributed by atoms with E-state index in [1.165, 1.54) is 0 Å². The summed E-state index contributed by atoms with van der Waals surface area (Å²) in [5.41, 5.74) is 2.20. The highest BCUT2D eigenvalue weighted by Gasteiger charge is 2.14. The van der Waals surface area contributed by atoms with Crippen molar-refractivity contribution in [2.45, 2.75) is 13.2 Å². The third-order valence-electron chi connectivity index (χ3n) is 3.65. The second kappa shape index (κ2) is 9.67. The molecule has 5 heteroatoms. The fraction of sp³-hybridized carbons (Fsp3) is 0.368. The third kappa shape index (κ3) is 5.51. The summed E-state index contributed by atoms with van der Waals surface area (Å²) in [6, 6.07) is 14.1. The predicted molar refractivity (Wildman–Crippen MR) is 102 cm³/mol. The molecule has 2 aromatic rings. The molecule has 0 fully saturated rings. The standard InChI is InChI=1S/C19H25BrN2O2/c1-22(2)12-11-21-13-16-17(20)9-10-18(23-3)19(16)24-14-15-7-5-4-6-8-15/h4-10,21H,11-14H2,1-3H3. The van der Waals surface area contributed by atoms with Crippen molar-refractivity contribution in [3.63, 3.8) is 0 Å². The van der Waals surface area contributed by atoms with Crippen LogP contribution in [0.25, 0.3) is 0 Å². The maximum atomic E-state index is 6.10. The molecule has 0 aliphatic carbocycles. The average Bonchev–Trinajstić information content (AvgIpc) is 2.59. The lowest BCUT2D eigenvalue weighted by atomic mass is 10.1. The maximum absolute atomic E-state index is 6.10. The van der Waals surface area contributed by atoms with Gasteiger partial charge in [-0.2, -0.15) is 0 Å². The van der Waals surface area contributed by atoms with E-state index in [1.807, 2.05) is 30.3 Å². The Morgan fingerprint density at radius 2 is 1.83 bits per heavy atom. The van der Waals surface area contributed by atoms with Crippen LogP contribution in [0.3, 0.4) is 0 Å². The zero-order valence-electron chi connectivity index (χ0n) is 14.5. The molecule has 130 valence electrons. The summed E-state index contributed by atoms with van der Waals surface area (Å²) in [5.74, 6) is 1.53. The van der Waals surface area contributed by atoms with Crippen LogP contribution < -0.4 is 14.8 Å². The van der Waals surface area contributed by atoms with Crippen molar-refractivity contribution in [1.29, 1.82) is 0 Å². The van der Waals surface area contributed by atoms with Gasteiger partial charge in [0.2, 0.25) is 0 Å². The predicted octanol–water partition coefficient (Wildman–Crippen LogP) is 3.69. The second-order valence-electron chi connectivity index (χ2n) is 5.81. The van der Waals surface area contributed by atoms with E-state index >= 15 is 0 Å². The molecule has 1 N–H and O–H groups in total. The van der Waals surface area contributed by atoms with E-state index in [1.54, 1.807) is 7.11 Å². The number of nitrogens with one attached hydrogen (secondary N) is 1. The molecule has 4 nitrogen and oxygen atoms in total. The molecule has 0 saturated heterocycles. The monoisotopic (exact) mass is 392 g/mol. The lowest BCUT2D eigenvalue weighted by Crippen LogP contribution is -2.26. The normalized spacial score (nSPS) is 10.9. The SMILES string of the molecule is COc1ccc(Br)c(CNCCN(C)C)c1OCc1ccccc1. The van der Waals surface area contributed by atoms with Crippen LogP contribution in [0.15, 0.2) is 46.9 Å². The number of hydrogen-bond donors (Lipinski definition) is 1. The maximum Gasteiger partial charge on any atom is 0.167 e. The van der Waals surface area contributed by atoms with E-state index in [-0.39, 0.29) is 0 Å². The van der Waals surface area contributed by atoms with E-state index in [9.17, 15) is 0 Å². The van der Waals surface area contributed by atoms with Gasteiger partial charge in [0.25, 0.3) is 0 Å². The zero-order valence-corrected chi connectivity index (χ0v) is 16.1. The van der Waals surface area contributed by atoms with E-state index in [0.717, 1.165) is 46.7 Å². The van der Waals surface area contributed by atoms with Gasteiger partial charge < -0.3 is 19.7 Å². The molecule has 0 unspecified atom stereocenters. The van der Waals surface area contributed by atoms with Crippen LogP contribution in [0.4, 0.5) is 0 Å². The first kappa shape index (κ1) is 18.8. The van der Waals surface area contributed by atoms with Gasteiger partial charge in [-0.1, -0.05) is 46.3 Å². The minimum absolute atomic E-state index is 0.512. The first-order valence-corrected chi connectivity index (χ1v) is 8.78. The van der Waals surface area contributed by atoms with Crippen LogP contribution in [0.1, 0.15) is 11.1 Å². The van der Waals surface area contributed by atoms with Crippen LogP contribution in [-0.4, -0.2) is 39.2 Å². The fourth-order valence-electron chi connectivity index (χ4n) is 2.31. The first-order valence-electron chi connectivity index (χ1n) is 7.99. The lowest BCUT2D eigenvalue weighted by molar-refractivity contribution is 0.280. The van der Waals surface area contributed by atoms with E-state index in [0.29, 0.717) is 6.61 Å². The van der Waals surface area contributed by atoms with Gasteiger partial charge in [-0.05, 0) is 31.8 Å². The topological polar surface area (TPSA) is 33.7 Å². The summed E-state index contributed by atoms with van der Waals surface area (Å²) in [5, 5.41) is 3.46. The summed E-state index contributed by atoms with van der Waals surface area (Å²) in [6.07, 6.45) is 0. The van der Waals surface area contributed by atoms with Crippen LogP contribution in [-0.2, 0) is 13.2 Å². The minimum Gasteiger partial charge on any atom is -0.493 e. The second-order valence-corrected chi connectivity index (χ2v) is 6.67. The molecule has 0 amide bonds. The molecule has 24 heavy (non-hydrogen) atoms. The van der Waals surface area contributed by atoms with Crippen LogP contribution in [0.5, 0.6) is 11.5 Å². The van der Waals surface area contributed by atoms with Crippen molar-refractivity contribution in [1.82, 2.24) is 10.2 Å². The van der Waals surface area contributed by atoms with Crippen molar-refractivity contribution in [3.8, 4) is 11.5 Å². The van der Waals surface area contributed by atoms with Gasteiger partial charge in [0, 0.05) is 29.7 Å². The molecule has 2 aromatic carbocycles. The van der Waals surface area contributed by atoms with Crippen molar-refractivity contribution in [2.24, 2.45) is 0 Å². The summed E-state index contributed by atoms with van der Waals surface area (Å²) in [7, 11) is 5.80. The fourth-order valence-corrected chi connectivity index (χ4v) is 2.76. The smallest absolute Gasteiger partial charge is 0.167 e. The molecule has 0 aliphatic heterocycles. The Hall–Kier alpha value is -1.56. The highest BCUT2D eigenvalue weighted by atomic mass is 79.9. The summed E-state index contributed by atoms with van der Waals surface area (Å²) >= 11 is 3.63. The number of halogens is 1. The highest BCUT2D eigenvalue weighted by molar-refractivity contribution is 9.10. The number of ether oxygens (including phenoxy) is 2. The molecule has 0 atom stereocenters. The number of methoxy groups -OCH3 is 1. The average molecular weight is 393 g/mol. The number of hydrogen-bond acceptors (Lipinski definition) is 4. The zero-order chi connectivity index (χ0) is 17.4. The lowest BCUT2D eigenvalue weighted by Gasteiger charge is -2.18. The van der Waals surface area contributed by atoms with Crippen molar-refractivity contribution >= 4 is 15.9 Å². The molecule has 0 saturated carbocycles. The quantitative estimate of drug-likeness (QED) is 0.659. The molecule has 2 rings (SSSR count). The van der Waals surface area contributed by atoms with E-state index in [2.05, 4.69) is 52.4 Å². The first-order chi connectivity index (χ1) is 11.6. The molecular formula is C19H25BrN2O2. The van der Waals surface area contributed by atoms with Crippen LogP contribution in [0, 0.1) is 0 Å². The van der Waals surface area contributed by atoms with Gasteiger partial charge in [0.15, 0.2) is 11.5 Å². The molecule has 0 aromatic heterocycles. The Labute approximate surface area is 152 Å². The number of rotatable bonds is 9. The minimum atomic E-state index is 0.512. The molecule has 0 heterocycles. The van der Waals surface area contributed by atoms with Gasteiger partial charge in [0.1, 0.15) is 6.61 Å². The molecule has 0 bridgehead atoms. The molecule has 0 aliphatic rings. The van der Waals surface area contributed by atoms with Gasteiger partial charge in [-0.15, -0.1) is 0 Å². The van der Waals surface area contributed by atoms with E-state index < -0.39 is 0 Å². The van der Waals surface area contributed by atoms with Gasteiger partial charge in [-0.25, -0.2) is 0 Å². The third-order valence-corrected chi connectivity index (χ3v) is 4.39. The summed E-state index contributed by atoms with van der Waals surface area (Å²) in [4.78, 5) is 2.15. The number of nitrogens with zero attached hydrogens (tertiary/aromatic N) is 1. The van der Waals surface area contributed by atoms with Crippen molar-refractivity contribution in [2.75, 3.05) is 34.3 Å². The number of likely N-dealkylation sites (N-methyl/N-ethyl adjacent to an activating group) is 1. The summed E-state index contributed by atoms with van der Waals surface area (Å²) in [6.45, 7) is 3.13. The van der Waals surface area contributed by atoms with Crippen molar-refractivity contribution in [3.05, 3.63) is 58.1 Å². The van der Waals surface area contributed by atoms with Crippen molar-refractivity contribution < 1.29 is 9.47 Å². The largest absolute Gasteiger partial charge is 0.493 e. The number of benzene rings is 2. The van der Waals surface area contributed by atoms with Gasteiger partial charge >= 0.3 is 0 Å². The van der Waals surface area contributed by atoms with Gasteiger partial charge in [-0.3, -0.25) is 0 Å². The Kier molecular flexibility index (Phi) is 7.56.